The van der Waals surface area contributed by atoms with Crippen molar-refractivity contribution in [3.8, 4) is 11.1 Å². The number of nitrogens with one attached hydrogen (secondary N) is 2. The molecule has 3 aromatic carbocycles. The van der Waals surface area contributed by atoms with Crippen molar-refractivity contribution in [2.24, 2.45) is 0 Å². The number of hydrogen-bond acceptors (Lipinski definition) is 5. The van der Waals surface area contributed by atoms with E-state index in [-0.39, 0.29) is 25.6 Å². The zero-order valence-corrected chi connectivity index (χ0v) is 22.1. The first-order chi connectivity index (χ1) is 18.9. The van der Waals surface area contributed by atoms with Crippen LogP contribution in [-0.4, -0.2) is 47.9 Å². The molecule has 3 atom stereocenters. The van der Waals surface area contributed by atoms with Crippen LogP contribution in [0.4, 0.5) is 4.79 Å². The minimum Gasteiger partial charge on any atom is -0.480 e. The number of fused-ring (bicyclic) bond motifs is 3. The smallest absolute Gasteiger partial charge is 0.407 e. The van der Waals surface area contributed by atoms with E-state index in [1.807, 2.05) is 73.7 Å². The van der Waals surface area contributed by atoms with Gasteiger partial charge in [0.05, 0.1) is 12.7 Å². The van der Waals surface area contributed by atoms with Crippen LogP contribution in [0.15, 0.2) is 78.9 Å². The highest BCUT2D eigenvalue weighted by Crippen LogP contribution is 2.44. The molecular formula is C31H34N2O6. The summed E-state index contributed by atoms with van der Waals surface area (Å²) in [5.74, 6) is -1.76. The molecule has 1 unspecified atom stereocenters. The second-order valence-corrected chi connectivity index (χ2v) is 9.66. The van der Waals surface area contributed by atoms with Crippen molar-refractivity contribution in [1.82, 2.24) is 10.6 Å². The molecule has 8 heteroatoms. The summed E-state index contributed by atoms with van der Waals surface area (Å²) in [7, 11) is 0. The molecule has 39 heavy (non-hydrogen) atoms. The van der Waals surface area contributed by atoms with Gasteiger partial charge in [0.15, 0.2) is 6.04 Å². The quantitative estimate of drug-likeness (QED) is 0.308. The molecule has 1 aliphatic carbocycles. The Kier molecular flexibility index (Phi) is 9.33. The van der Waals surface area contributed by atoms with E-state index in [1.54, 1.807) is 6.92 Å². The summed E-state index contributed by atoms with van der Waals surface area (Å²) >= 11 is 0. The van der Waals surface area contributed by atoms with E-state index in [9.17, 15) is 19.5 Å². The summed E-state index contributed by atoms with van der Waals surface area (Å²) in [4.78, 5) is 37.2. The number of carbonyl (C=O) groups excluding carboxylic acids is 2. The van der Waals surface area contributed by atoms with Gasteiger partial charge in [0, 0.05) is 18.4 Å². The molecule has 0 spiro atoms. The van der Waals surface area contributed by atoms with Gasteiger partial charge in [-0.2, -0.15) is 0 Å². The van der Waals surface area contributed by atoms with Crippen LogP contribution in [0.5, 0.6) is 0 Å². The van der Waals surface area contributed by atoms with Crippen LogP contribution >= 0.6 is 0 Å². The van der Waals surface area contributed by atoms with Gasteiger partial charge < -0.3 is 25.2 Å². The third-order valence-electron chi connectivity index (χ3n) is 7.00. The van der Waals surface area contributed by atoms with Crippen molar-refractivity contribution in [1.29, 1.82) is 0 Å². The first-order valence-corrected chi connectivity index (χ1v) is 13.2. The van der Waals surface area contributed by atoms with Gasteiger partial charge in [-0.1, -0.05) is 85.8 Å². The fourth-order valence-corrected chi connectivity index (χ4v) is 4.84. The second-order valence-electron chi connectivity index (χ2n) is 9.66. The lowest BCUT2D eigenvalue weighted by Gasteiger charge is -2.23. The molecule has 0 bridgehead atoms. The molecule has 0 heterocycles. The van der Waals surface area contributed by atoms with Gasteiger partial charge in [-0.15, -0.1) is 0 Å². The largest absolute Gasteiger partial charge is 0.480 e. The van der Waals surface area contributed by atoms with Crippen LogP contribution in [0, 0.1) is 0 Å². The van der Waals surface area contributed by atoms with E-state index in [1.165, 1.54) is 0 Å². The van der Waals surface area contributed by atoms with Gasteiger partial charge >= 0.3 is 12.1 Å². The molecule has 0 aromatic heterocycles. The molecule has 204 valence electrons. The molecule has 3 N–H and O–H groups in total. The Morgan fingerprint density at radius 3 is 2.05 bits per heavy atom. The maximum absolute atomic E-state index is 12.7. The number of benzene rings is 3. The van der Waals surface area contributed by atoms with E-state index < -0.39 is 36.2 Å². The SMILES string of the molecule is CCC(CC(=O)N[C@H](C(=O)O)[C@@H](C)OCc1ccccc1)NC(=O)OCC1c2ccccc2-c2ccccc21. The van der Waals surface area contributed by atoms with Crippen LogP contribution in [-0.2, 0) is 25.7 Å². The molecule has 0 saturated carbocycles. The Balaban J connectivity index is 1.28. The lowest BCUT2D eigenvalue weighted by atomic mass is 9.98. The van der Waals surface area contributed by atoms with Gasteiger partial charge in [0.1, 0.15) is 6.61 Å². The maximum atomic E-state index is 12.7. The summed E-state index contributed by atoms with van der Waals surface area (Å²) in [6, 6.07) is 23.8. The average molecular weight is 531 g/mol. The highest BCUT2D eigenvalue weighted by atomic mass is 16.5. The maximum Gasteiger partial charge on any atom is 0.407 e. The molecule has 0 saturated heterocycles. The topological polar surface area (TPSA) is 114 Å². The number of carbonyl (C=O) groups is 3. The minimum absolute atomic E-state index is 0.0692. The minimum atomic E-state index is -1.23. The van der Waals surface area contributed by atoms with Crippen LogP contribution in [0.2, 0.25) is 0 Å². The van der Waals surface area contributed by atoms with Crippen molar-refractivity contribution < 1.29 is 29.0 Å². The molecule has 2 amide bonds. The van der Waals surface area contributed by atoms with Crippen LogP contribution < -0.4 is 10.6 Å². The molecule has 8 nitrogen and oxygen atoms in total. The van der Waals surface area contributed by atoms with Gasteiger partial charge in [-0.25, -0.2) is 9.59 Å². The Hall–Kier alpha value is -4.17. The number of carboxylic acid groups (broad SMARTS) is 1. The fourth-order valence-electron chi connectivity index (χ4n) is 4.84. The number of carboxylic acids is 1. The summed E-state index contributed by atoms with van der Waals surface area (Å²) in [6.45, 7) is 3.83. The highest BCUT2D eigenvalue weighted by Gasteiger charge is 2.30. The predicted octanol–water partition coefficient (Wildman–Crippen LogP) is 4.87. The normalized spacial score (nSPS) is 14.4. The van der Waals surface area contributed by atoms with Crippen molar-refractivity contribution >= 4 is 18.0 Å². The average Bonchev–Trinajstić information content (AvgIpc) is 3.27. The number of amides is 2. The first-order valence-electron chi connectivity index (χ1n) is 13.2. The molecule has 1 aliphatic rings. The van der Waals surface area contributed by atoms with Crippen molar-refractivity contribution in [3.63, 3.8) is 0 Å². The lowest BCUT2D eigenvalue weighted by molar-refractivity contribution is -0.146. The van der Waals surface area contributed by atoms with Crippen LogP contribution in [0.3, 0.4) is 0 Å². The number of ether oxygens (including phenoxy) is 2. The molecule has 0 fully saturated rings. The predicted molar refractivity (Wildman–Crippen MR) is 147 cm³/mol. The van der Waals surface area contributed by atoms with E-state index in [2.05, 4.69) is 22.8 Å². The van der Waals surface area contributed by atoms with E-state index in [0.717, 1.165) is 27.8 Å². The molecule has 3 aromatic rings. The highest BCUT2D eigenvalue weighted by molar-refractivity contribution is 5.84. The lowest BCUT2D eigenvalue weighted by Crippen LogP contribution is -2.50. The monoisotopic (exact) mass is 530 g/mol. The fraction of sp³-hybridized carbons (Fsp3) is 0.323. The van der Waals surface area contributed by atoms with Gasteiger partial charge in [0.2, 0.25) is 5.91 Å². The van der Waals surface area contributed by atoms with E-state index in [0.29, 0.717) is 6.42 Å². The summed E-state index contributed by atoms with van der Waals surface area (Å²) in [5.41, 5.74) is 5.40. The summed E-state index contributed by atoms with van der Waals surface area (Å²) < 4.78 is 11.3. The van der Waals surface area contributed by atoms with Crippen molar-refractivity contribution in [2.75, 3.05) is 6.61 Å². The Labute approximate surface area is 228 Å². The van der Waals surface area contributed by atoms with Gasteiger partial charge in [-0.3, -0.25) is 4.79 Å². The molecular weight excluding hydrogens is 496 g/mol. The summed E-state index contributed by atoms with van der Waals surface area (Å²) in [6.07, 6.45) is -1.00. The third-order valence-corrected chi connectivity index (χ3v) is 7.00. The molecule has 4 rings (SSSR count). The number of rotatable bonds is 12. The van der Waals surface area contributed by atoms with E-state index >= 15 is 0 Å². The van der Waals surface area contributed by atoms with Crippen molar-refractivity contribution in [3.05, 3.63) is 95.6 Å². The van der Waals surface area contributed by atoms with Gasteiger partial charge in [0.25, 0.3) is 0 Å². The Morgan fingerprint density at radius 2 is 1.46 bits per heavy atom. The zero-order chi connectivity index (χ0) is 27.8. The second kappa shape index (κ2) is 13.1. The number of hydrogen-bond donors (Lipinski definition) is 3. The first kappa shape index (κ1) is 27.9. The molecule has 0 aliphatic heterocycles. The Bertz CT molecular complexity index is 1250. The zero-order valence-electron chi connectivity index (χ0n) is 22.1. The standard InChI is InChI=1S/C31H34N2O6/c1-3-22(17-28(34)33-29(30(35)36)20(2)38-18-21-11-5-4-6-12-21)32-31(37)39-19-27-25-15-9-7-13-23(25)24-14-8-10-16-26(24)27/h4-16,20,22,27,29H,3,17-19H2,1-2H3,(H,32,37)(H,33,34)(H,35,36)/t20-,22?,29+/m1/s1. The number of alkyl carbamates (subject to hydrolysis) is 1. The van der Waals surface area contributed by atoms with Crippen molar-refractivity contribution in [2.45, 2.75) is 57.4 Å². The van der Waals surface area contributed by atoms with Gasteiger partial charge in [-0.05, 0) is 41.2 Å². The number of aliphatic carboxylic acids is 1. The Morgan fingerprint density at radius 1 is 0.872 bits per heavy atom. The third kappa shape index (κ3) is 7.03. The van der Waals surface area contributed by atoms with Crippen LogP contribution in [0.1, 0.15) is 49.3 Å². The van der Waals surface area contributed by atoms with Crippen LogP contribution in [0.25, 0.3) is 11.1 Å². The molecule has 0 radical (unpaired) electrons. The van der Waals surface area contributed by atoms with E-state index in [4.69, 9.17) is 9.47 Å². The summed E-state index contributed by atoms with van der Waals surface area (Å²) in [5, 5.41) is 14.9.